The third-order valence-corrected chi connectivity index (χ3v) is 5.05. The fourth-order valence-electron chi connectivity index (χ4n) is 3.59. The number of anilines is 1. The smallest absolute Gasteiger partial charge is 0.235 e. The number of hydrogen-bond acceptors (Lipinski definition) is 3. The molecule has 1 aromatic carbocycles. The van der Waals surface area contributed by atoms with E-state index in [-0.39, 0.29) is 11.7 Å². The van der Waals surface area contributed by atoms with E-state index in [1.807, 2.05) is 19.9 Å². The Bertz CT molecular complexity index is 768. The number of hydrogen-bond donors (Lipinski definition) is 1. The molecule has 0 bridgehead atoms. The summed E-state index contributed by atoms with van der Waals surface area (Å²) < 4.78 is 18.8. The molecule has 0 radical (unpaired) electrons. The molecule has 0 spiro atoms. The van der Waals surface area contributed by atoms with Gasteiger partial charge in [0.25, 0.3) is 0 Å². The van der Waals surface area contributed by atoms with Crippen LogP contribution in [-0.2, 0) is 10.2 Å². The van der Waals surface area contributed by atoms with Crippen molar-refractivity contribution in [2.24, 2.45) is 0 Å². The third kappa shape index (κ3) is 3.71. The molecule has 1 saturated carbocycles. The number of aromatic nitrogens is 1. The Morgan fingerprint density at radius 3 is 2.50 bits per heavy atom. The second kappa shape index (κ2) is 7.85. The number of rotatable bonds is 6. The van der Waals surface area contributed by atoms with Crippen molar-refractivity contribution in [3.8, 4) is 5.88 Å². The van der Waals surface area contributed by atoms with E-state index in [9.17, 15) is 9.18 Å². The van der Waals surface area contributed by atoms with Gasteiger partial charge in [0, 0.05) is 6.07 Å². The van der Waals surface area contributed by atoms with Gasteiger partial charge in [-0.3, -0.25) is 4.79 Å². The summed E-state index contributed by atoms with van der Waals surface area (Å²) in [5.74, 6) is 0.232. The molecule has 1 heterocycles. The molecule has 1 fully saturated rings. The van der Waals surface area contributed by atoms with Crippen molar-refractivity contribution in [2.45, 2.75) is 51.4 Å². The molecule has 1 amide bonds. The minimum atomic E-state index is -0.600. The van der Waals surface area contributed by atoms with Crippen LogP contribution in [-0.4, -0.2) is 17.5 Å². The van der Waals surface area contributed by atoms with Gasteiger partial charge in [0.15, 0.2) is 0 Å². The standard InChI is InChI=1S/C21H25FN2O2/c1-3-14-26-19-11-10-18(15(2)23-19)24-20(25)21(12-4-5-13-21)16-6-8-17(22)9-7-16/h6-11H,3-5,12-14H2,1-2H3,(H,24,25). The molecule has 138 valence electrons. The number of nitrogens with one attached hydrogen (secondary N) is 1. The van der Waals surface area contributed by atoms with Gasteiger partial charge in [-0.25, -0.2) is 9.37 Å². The molecule has 5 heteroatoms. The van der Waals surface area contributed by atoms with E-state index in [2.05, 4.69) is 10.3 Å². The van der Waals surface area contributed by atoms with Gasteiger partial charge in [0.1, 0.15) is 5.82 Å². The van der Waals surface area contributed by atoms with Gasteiger partial charge in [-0.05, 0) is 49.9 Å². The molecule has 3 rings (SSSR count). The molecule has 0 aliphatic heterocycles. The Balaban J connectivity index is 1.82. The van der Waals surface area contributed by atoms with E-state index in [0.29, 0.717) is 18.2 Å². The molecule has 1 aliphatic rings. The highest BCUT2D eigenvalue weighted by Gasteiger charge is 2.42. The number of carbonyl (C=O) groups is 1. The Kier molecular flexibility index (Phi) is 5.55. The maximum atomic E-state index is 13.3. The SMILES string of the molecule is CCCOc1ccc(NC(=O)C2(c3ccc(F)cc3)CCCC2)c(C)n1. The predicted molar refractivity (Wildman–Crippen MR) is 99.9 cm³/mol. The summed E-state index contributed by atoms with van der Waals surface area (Å²) >= 11 is 0. The summed E-state index contributed by atoms with van der Waals surface area (Å²) in [6.45, 7) is 4.51. The fourth-order valence-corrected chi connectivity index (χ4v) is 3.59. The van der Waals surface area contributed by atoms with Crippen molar-refractivity contribution in [3.63, 3.8) is 0 Å². The zero-order valence-electron chi connectivity index (χ0n) is 15.3. The lowest BCUT2D eigenvalue weighted by Gasteiger charge is -2.28. The number of ether oxygens (including phenoxy) is 1. The molecule has 1 aliphatic carbocycles. The van der Waals surface area contributed by atoms with Crippen LogP contribution >= 0.6 is 0 Å². The number of halogens is 1. The first-order chi connectivity index (χ1) is 12.5. The number of aryl methyl sites for hydroxylation is 1. The first kappa shape index (κ1) is 18.4. The summed E-state index contributed by atoms with van der Waals surface area (Å²) in [5.41, 5.74) is 1.69. The molecule has 0 atom stereocenters. The van der Waals surface area contributed by atoms with E-state index in [1.54, 1.807) is 18.2 Å². The van der Waals surface area contributed by atoms with Crippen molar-refractivity contribution in [3.05, 3.63) is 53.5 Å². The van der Waals surface area contributed by atoms with Crippen molar-refractivity contribution in [2.75, 3.05) is 11.9 Å². The topological polar surface area (TPSA) is 51.2 Å². The highest BCUT2D eigenvalue weighted by molar-refractivity contribution is 5.99. The Hall–Kier alpha value is -2.43. The Morgan fingerprint density at radius 2 is 1.88 bits per heavy atom. The second-order valence-electron chi connectivity index (χ2n) is 6.88. The van der Waals surface area contributed by atoms with Crippen LogP contribution in [0.25, 0.3) is 0 Å². The largest absolute Gasteiger partial charge is 0.478 e. The second-order valence-corrected chi connectivity index (χ2v) is 6.88. The molecule has 0 unspecified atom stereocenters. The van der Waals surface area contributed by atoms with Crippen LogP contribution in [0.4, 0.5) is 10.1 Å². The summed E-state index contributed by atoms with van der Waals surface area (Å²) in [6, 6.07) is 9.92. The van der Waals surface area contributed by atoms with Crippen LogP contribution in [0, 0.1) is 12.7 Å². The van der Waals surface area contributed by atoms with Gasteiger partial charge >= 0.3 is 0 Å². The molecular formula is C21H25FN2O2. The lowest BCUT2D eigenvalue weighted by molar-refractivity contribution is -0.121. The lowest BCUT2D eigenvalue weighted by Crippen LogP contribution is -2.38. The van der Waals surface area contributed by atoms with Crippen molar-refractivity contribution in [1.82, 2.24) is 4.98 Å². The first-order valence-corrected chi connectivity index (χ1v) is 9.23. The van der Waals surface area contributed by atoms with Crippen LogP contribution in [0.5, 0.6) is 5.88 Å². The number of pyridine rings is 1. The molecule has 1 aromatic heterocycles. The first-order valence-electron chi connectivity index (χ1n) is 9.23. The van der Waals surface area contributed by atoms with Gasteiger partial charge < -0.3 is 10.1 Å². The van der Waals surface area contributed by atoms with Crippen molar-refractivity contribution in [1.29, 1.82) is 0 Å². The zero-order chi connectivity index (χ0) is 18.6. The lowest BCUT2D eigenvalue weighted by atomic mass is 9.78. The molecule has 2 aromatic rings. The Labute approximate surface area is 153 Å². The van der Waals surface area contributed by atoms with Crippen molar-refractivity contribution >= 4 is 11.6 Å². The number of benzene rings is 1. The quantitative estimate of drug-likeness (QED) is 0.811. The molecule has 0 saturated heterocycles. The molecule has 1 N–H and O–H groups in total. The summed E-state index contributed by atoms with van der Waals surface area (Å²) in [5, 5.41) is 3.04. The predicted octanol–water partition coefficient (Wildman–Crippen LogP) is 4.77. The minimum Gasteiger partial charge on any atom is -0.478 e. The van der Waals surface area contributed by atoms with Gasteiger partial charge in [-0.1, -0.05) is 31.9 Å². The maximum absolute atomic E-state index is 13.3. The molecule has 4 nitrogen and oxygen atoms in total. The van der Waals surface area contributed by atoms with Crippen LogP contribution in [0.2, 0.25) is 0 Å². The summed E-state index contributed by atoms with van der Waals surface area (Å²) in [6.07, 6.45) is 4.44. The maximum Gasteiger partial charge on any atom is 0.235 e. The highest BCUT2D eigenvalue weighted by Crippen LogP contribution is 2.42. The zero-order valence-corrected chi connectivity index (χ0v) is 15.3. The average molecular weight is 356 g/mol. The third-order valence-electron chi connectivity index (χ3n) is 5.05. The van der Waals surface area contributed by atoms with Gasteiger partial charge in [-0.15, -0.1) is 0 Å². The van der Waals surface area contributed by atoms with Gasteiger partial charge in [-0.2, -0.15) is 0 Å². The van der Waals surface area contributed by atoms with E-state index in [4.69, 9.17) is 4.74 Å². The Morgan fingerprint density at radius 1 is 1.19 bits per heavy atom. The van der Waals surface area contributed by atoms with Crippen LogP contribution in [0.3, 0.4) is 0 Å². The minimum absolute atomic E-state index is 0.0475. The van der Waals surface area contributed by atoms with Crippen LogP contribution in [0.15, 0.2) is 36.4 Å². The van der Waals surface area contributed by atoms with Gasteiger partial charge in [0.2, 0.25) is 11.8 Å². The molecule has 26 heavy (non-hydrogen) atoms. The normalized spacial score (nSPS) is 15.7. The van der Waals surface area contributed by atoms with E-state index in [0.717, 1.165) is 43.4 Å². The summed E-state index contributed by atoms with van der Waals surface area (Å²) in [7, 11) is 0. The highest BCUT2D eigenvalue weighted by atomic mass is 19.1. The van der Waals surface area contributed by atoms with Crippen molar-refractivity contribution < 1.29 is 13.9 Å². The number of amides is 1. The number of carbonyl (C=O) groups excluding carboxylic acids is 1. The van der Waals surface area contributed by atoms with E-state index in [1.165, 1.54) is 12.1 Å². The summed E-state index contributed by atoms with van der Waals surface area (Å²) in [4.78, 5) is 17.6. The van der Waals surface area contributed by atoms with Crippen LogP contribution in [0.1, 0.15) is 50.3 Å². The monoisotopic (exact) mass is 356 g/mol. The van der Waals surface area contributed by atoms with Gasteiger partial charge in [0.05, 0.1) is 23.4 Å². The average Bonchev–Trinajstić information content (AvgIpc) is 3.13. The number of nitrogens with zero attached hydrogens (tertiary/aromatic N) is 1. The van der Waals surface area contributed by atoms with E-state index >= 15 is 0 Å². The fraction of sp³-hybridized carbons (Fsp3) is 0.429. The molecular weight excluding hydrogens is 331 g/mol. The van der Waals surface area contributed by atoms with Crippen LogP contribution < -0.4 is 10.1 Å². The van der Waals surface area contributed by atoms with E-state index < -0.39 is 5.41 Å².